The number of hydrogen-bond donors (Lipinski definition) is 0. The zero-order valence-electron chi connectivity index (χ0n) is 9.81. The number of aromatic nitrogens is 1. The lowest BCUT2D eigenvalue weighted by Gasteiger charge is -1.96. The monoisotopic (exact) mass is 265 g/mol. The van der Waals surface area contributed by atoms with E-state index in [-0.39, 0.29) is 5.78 Å². The first-order chi connectivity index (χ1) is 8.25. The van der Waals surface area contributed by atoms with E-state index in [1.54, 1.807) is 30.0 Å². The third-order valence-electron chi connectivity index (χ3n) is 2.42. The molecule has 0 unspecified atom stereocenters. The molecular weight excluding hydrogens is 250 g/mol. The highest BCUT2D eigenvalue weighted by Crippen LogP contribution is 2.29. The third-order valence-corrected chi connectivity index (χ3v) is 4.69. The Morgan fingerprint density at radius 3 is 2.94 bits per heavy atom. The number of nitrogens with zero attached hydrogens (tertiary/aromatic N) is 1. The molecule has 1 heterocycles. The van der Waals surface area contributed by atoms with Gasteiger partial charge in [0.1, 0.15) is 5.78 Å². The molecule has 90 valence electrons. The van der Waals surface area contributed by atoms with E-state index in [4.69, 9.17) is 0 Å². The standard InChI is InChI=1S/C13H15NOS2/c1-10(15)6-4-5-9-16-13-14-11-7-2-3-8-12(11)17-13/h2-3,7-8H,4-6,9H2,1H3. The second kappa shape index (κ2) is 6.17. The summed E-state index contributed by atoms with van der Waals surface area (Å²) in [5, 5.41) is 0. The Bertz CT molecular complexity index is 474. The highest BCUT2D eigenvalue weighted by molar-refractivity contribution is 8.01. The second-order valence-corrected chi connectivity index (χ2v) is 6.33. The normalized spacial score (nSPS) is 10.9. The molecule has 1 aromatic heterocycles. The van der Waals surface area contributed by atoms with Gasteiger partial charge in [0.25, 0.3) is 0 Å². The maximum absolute atomic E-state index is 10.8. The highest BCUT2D eigenvalue weighted by Gasteiger charge is 2.03. The third kappa shape index (κ3) is 3.82. The zero-order chi connectivity index (χ0) is 12.1. The summed E-state index contributed by atoms with van der Waals surface area (Å²) in [5.41, 5.74) is 1.09. The molecular formula is C13H15NOS2. The molecule has 0 amide bonds. The summed E-state index contributed by atoms with van der Waals surface area (Å²) in [6, 6.07) is 8.21. The number of ketones is 1. The van der Waals surface area contributed by atoms with Gasteiger partial charge in [-0.1, -0.05) is 23.9 Å². The Morgan fingerprint density at radius 2 is 2.18 bits per heavy atom. The lowest BCUT2D eigenvalue weighted by Crippen LogP contribution is -1.90. The molecule has 0 N–H and O–H groups in total. The van der Waals surface area contributed by atoms with Crippen molar-refractivity contribution in [2.45, 2.75) is 30.5 Å². The molecule has 0 fully saturated rings. The molecule has 0 aliphatic heterocycles. The minimum absolute atomic E-state index is 0.287. The summed E-state index contributed by atoms with van der Waals surface area (Å²) >= 11 is 3.54. The Morgan fingerprint density at radius 1 is 1.35 bits per heavy atom. The minimum atomic E-state index is 0.287. The Balaban J connectivity index is 1.81. The lowest BCUT2D eigenvalue weighted by molar-refractivity contribution is -0.117. The van der Waals surface area contributed by atoms with Gasteiger partial charge in [-0.15, -0.1) is 11.3 Å². The van der Waals surface area contributed by atoms with Crippen LogP contribution in [0.4, 0.5) is 0 Å². The number of thiazole rings is 1. The summed E-state index contributed by atoms with van der Waals surface area (Å²) in [5.74, 6) is 1.34. The smallest absolute Gasteiger partial charge is 0.151 e. The first-order valence-corrected chi connectivity index (χ1v) is 7.54. The van der Waals surface area contributed by atoms with E-state index >= 15 is 0 Å². The fraction of sp³-hybridized carbons (Fsp3) is 0.385. The Kier molecular flexibility index (Phi) is 4.57. The zero-order valence-corrected chi connectivity index (χ0v) is 11.4. The SMILES string of the molecule is CC(=O)CCCCSc1nc2ccccc2s1. The average Bonchev–Trinajstić information content (AvgIpc) is 2.70. The number of rotatable bonds is 6. The first-order valence-electron chi connectivity index (χ1n) is 5.73. The van der Waals surface area contributed by atoms with Gasteiger partial charge in [-0.3, -0.25) is 0 Å². The molecule has 4 heteroatoms. The van der Waals surface area contributed by atoms with Crippen LogP contribution in [-0.4, -0.2) is 16.5 Å². The molecule has 0 radical (unpaired) electrons. The number of benzene rings is 1. The van der Waals surface area contributed by atoms with Gasteiger partial charge >= 0.3 is 0 Å². The van der Waals surface area contributed by atoms with Crippen LogP contribution in [0.2, 0.25) is 0 Å². The van der Waals surface area contributed by atoms with Crippen LogP contribution in [-0.2, 0) is 4.79 Å². The second-order valence-electron chi connectivity index (χ2n) is 3.96. The number of para-hydroxylation sites is 1. The molecule has 17 heavy (non-hydrogen) atoms. The number of carbonyl (C=O) groups is 1. The van der Waals surface area contributed by atoms with Crippen LogP contribution in [0, 0.1) is 0 Å². The number of thioether (sulfide) groups is 1. The molecule has 2 aromatic rings. The Hall–Kier alpha value is -0.870. The molecule has 0 saturated carbocycles. The molecule has 0 bridgehead atoms. The van der Waals surface area contributed by atoms with E-state index in [1.165, 1.54) is 4.70 Å². The molecule has 0 saturated heterocycles. The molecule has 2 nitrogen and oxygen atoms in total. The quantitative estimate of drug-likeness (QED) is 0.580. The van der Waals surface area contributed by atoms with Gasteiger partial charge in [0.15, 0.2) is 4.34 Å². The van der Waals surface area contributed by atoms with E-state index in [2.05, 4.69) is 11.1 Å². The molecule has 0 spiro atoms. The predicted molar refractivity (Wildman–Crippen MR) is 74.9 cm³/mol. The van der Waals surface area contributed by atoms with Crippen LogP contribution in [0.3, 0.4) is 0 Å². The average molecular weight is 265 g/mol. The van der Waals surface area contributed by atoms with E-state index in [0.29, 0.717) is 6.42 Å². The number of fused-ring (bicyclic) bond motifs is 1. The van der Waals surface area contributed by atoms with E-state index in [9.17, 15) is 4.79 Å². The van der Waals surface area contributed by atoms with Crippen molar-refractivity contribution in [2.24, 2.45) is 0 Å². The number of unbranched alkanes of at least 4 members (excludes halogenated alkanes) is 1. The summed E-state index contributed by atoms with van der Waals surface area (Å²) in [6.07, 6.45) is 2.79. The van der Waals surface area contributed by atoms with Crippen molar-refractivity contribution in [2.75, 3.05) is 5.75 Å². The minimum Gasteiger partial charge on any atom is -0.300 e. The van der Waals surface area contributed by atoms with Gasteiger partial charge in [0, 0.05) is 12.2 Å². The van der Waals surface area contributed by atoms with E-state index in [1.807, 2.05) is 18.2 Å². The van der Waals surface area contributed by atoms with E-state index in [0.717, 1.165) is 28.5 Å². The van der Waals surface area contributed by atoms with Crippen molar-refractivity contribution in [3.8, 4) is 0 Å². The summed E-state index contributed by atoms with van der Waals surface area (Å²) in [6.45, 7) is 1.65. The molecule has 1 aromatic carbocycles. The van der Waals surface area contributed by atoms with E-state index < -0.39 is 0 Å². The summed E-state index contributed by atoms with van der Waals surface area (Å²) in [7, 11) is 0. The Labute approximate surface area is 109 Å². The number of Topliss-reactive ketones (excluding diaryl/α,β-unsaturated/α-hetero) is 1. The van der Waals surface area contributed by atoms with Crippen molar-refractivity contribution < 1.29 is 4.79 Å². The maximum Gasteiger partial charge on any atom is 0.151 e. The summed E-state index contributed by atoms with van der Waals surface area (Å²) in [4.78, 5) is 15.3. The van der Waals surface area contributed by atoms with Crippen molar-refractivity contribution in [3.63, 3.8) is 0 Å². The van der Waals surface area contributed by atoms with Crippen LogP contribution in [0.25, 0.3) is 10.2 Å². The van der Waals surface area contributed by atoms with Crippen molar-refractivity contribution in [1.82, 2.24) is 4.98 Å². The van der Waals surface area contributed by atoms with Crippen LogP contribution < -0.4 is 0 Å². The van der Waals surface area contributed by atoms with Gasteiger partial charge in [-0.2, -0.15) is 0 Å². The fourth-order valence-electron chi connectivity index (χ4n) is 1.55. The predicted octanol–water partition coefficient (Wildman–Crippen LogP) is 4.15. The molecule has 0 aliphatic carbocycles. The van der Waals surface area contributed by atoms with Gasteiger partial charge in [0.2, 0.25) is 0 Å². The number of carbonyl (C=O) groups excluding carboxylic acids is 1. The fourth-order valence-corrected chi connectivity index (χ4v) is 3.69. The lowest BCUT2D eigenvalue weighted by atomic mass is 10.2. The first kappa shape index (κ1) is 12.6. The van der Waals surface area contributed by atoms with Crippen molar-refractivity contribution in [1.29, 1.82) is 0 Å². The van der Waals surface area contributed by atoms with Crippen LogP contribution in [0.15, 0.2) is 28.6 Å². The van der Waals surface area contributed by atoms with Crippen LogP contribution in [0.5, 0.6) is 0 Å². The highest BCUT2D eigenvalue weighted by atomic mass is 32.2. The van der Waals surface area contributed by atoms with Crippen LogP contribution in [0.1, 0.15) is 26.2 Å². The number of hydrogen-bond acceptors (Lipinski definition) is 4. The largest absolute Gasteiger partial charge is 0.300 e. The van der Waals surface area contributed by atoms with Crippen LogP contribution >= 0.6 is 23.1 Å². The van der Waals surface area contributed by atoms with Gasteiger partial charge in [-0.05, 0) is 31.9 Å². The van der Waals surface area contributed by atoms with Gasteiger partial charge in [0.05, 0.1) is 10.2 Å². The maximum atomic E-state index is 10.8. The van der Waals surface area contributed by atoms with Gasteiger partial charge < -0.3 is 4.79 Å². The molecule has 0 aliphatic rings. The molecule has 0 atom stereocenters. The van der Waals surface area contributed by atoms with Crippen molar-refractivity contribution in [3.05, 3.63) is 24.3 Å². The van der Waals surface area contributed by atoms with Crippen molar-refractivity contribution >= 4 is 39.1 Å². The molecule has 2 rings (SSSR count). The topological polar surface area (TPSA) is 30.0 Å². The van der Waals surface area contributed by atoms with Gasteiger partial charge in [-0.25, -0.2) is 4.98 Å². The summed E-state index contributed by atoms with van der Waals surface area (Å²) < 4.78 is 2.38.